The Balaban J connectivity index is 0.00000280. The molecule has 4 nitrogen and oxygen atoms in total. The van der Waals surface area contributed by atoms with Crippen molar-refractivity contribution in [3.05, 3.63) is 53.8 Å². The maximum atomic E-state index is 13.6. The van der Waals surface area contributed by atoms with E-state index in [2.05, 4.69) is 9.88 Å². The predicted molar refractivity (Wildman–Crippen MR) is 120 cm³/mol. The topological polar surface area (TPSA) is 36.4 Å². The Morgan fingerprint density at radius 1 is 1.18 bits per heavy atom. The van der Waals surface area contributed by atoms with E-state index in [1.54, 1.807) is 22.7 Å². The van der Waals surface area contributed by atoms with Gasteiger partial charge in [0.1, 0.15) is 5.82 Å². The third-order valence-corrected chi connectivity index (χ3v) is 5.98. The summed E-state index contributed by atoms with van der Waals surface area (Å²) in [6.07, 6.45) is 2.79. The number of thioether (sulfide) groups is 1. The van der Waals surface area contributed by atoms with E-state index in [4.69, 9.17) is 0 Å². The lowest BCUT2D eigenvalue weighted by Gasteiger charge is -2.22. The molecule has 1 amide bonds. The molecule has 28 heavy (non-hydrogen) atoms. The van der Waals surface area contributed by atoms with Crippen LogP contribution in [-0.4, -0.2) is 49.2 Å². The lowest BCUT2D eigenvalue weighted by molar-refractivity contribution is 0.0983. The average Bonchev–Trinajstić information content (AvgIpc) is 3.07. The maximum absolute atomic E-state index is 13.6. The summed E-state index contributed by atoms with van der Waals surface area (Å²) in [6.45, 7) is 1.43. The number of thiazole rings is 1. The van der Waals surface area contributed by atoms with Crippen LogP contribution in [0.5, 0.6) is 0 Å². The summed E-state index contributed by atoms with van der Waals surface area (Å²) in [7, 11) is 4.02. The fraction of sp³-hybridized carbons (Fsp3) is 0.300. The van der Waals surface area contributed by atoms with Crippen LogP contribution >= 0.6 is 35.5 Å². The van der Waals surface area contributed by atoms with E-state index in [9.17, 15) is 9.18 Å². The second-order valence-electron chi connectivity index (χ2n) is 6.42. The number of hydrogen-bond donors (Lipinski definition) is 0. The molecule has 0 saturated heterocycles. The van der Waals surface area contributed by atoms with Gasteiger partial charge < -0.3 is 4.90 Å². The lowest BCUT2D eigenvalue weighted by Crippen LogP contribution is -2.33. The van der Waals surface area contributed by atoms with Crippen LogP contribution in [0, 0.1) is 5.82 Å². The zero-order valence-electron chi connectivity index (χ0n) is 16.0. The second kappa shape index (κ2) is 10.2. The van der Waals surface area contributed by atoms with Gasteiger partial charge in [0.15, 0.2) is 5.13 Å². The monoisotopic (exact) mass is 439 g/mol. The summed E-state index contributed by atoms with van der Waals surface area (Å²) in [4.78, 5) is 22.7. The molecule has 0 radical (unpaired) electrons. The number of amides is 1. The van der Waals surface area contributed by atoms with Crippen molar-refractivity contribution in [3.8, 4) is 0 Å². The van der Waals surface area contributed by atoms with Crippen LogP contribution in [0.15, 0.2) is 47.4 Å². The molecule has 0 spiro atoms. The predicted octanol–water partition coefficient (Wildman–Crippen LogP) is 5.18. The van der Waals surface area contributed by atoms with Crippen molar-refractivity contribution < 1.29 is 9.18 Å². The van der Waals surface area contributed by atoms with Gasteiger partial charge in [0.25, 0.3) is 5.91 Å². The molecule has 8 heteroatoms. The Hall–Kier alpha value is -1.67. The summed E-state index contributed by atoms with van der Waals surface area (Å²) < 4.78 is 14.3. The van der Waals surface area contributed by atoms with E-state index in [0.29, 0.717) is 22.8 Å². The Morgan fingerprint density at radius 2 is 1.93 bits per heavy atom. The van der Waals surface area contributed by atoms with Crippen molar-refractivity contribution in [2.24, 2.45) is 0 Å². The van der Waals surface area contributed by atoms with Gasteiger partial charge in [-0.25, -0.2) is 9.37 Å². The van der Waals surface area contributed by atoms with Crippen LogP contribution in [0.4, 0.5) is 9.52 Å². The molecule has 0 saturated carbocycles. The molecule has 0 fully saturated rings. The van der Waals surface area contributed by atoms with Gasteiger partial charge in [0.05, 0.1) is 15.8 Å². The number of carbonyl (C=O) groups excluding carboxylic acids is 1. The first kappa shape index (κ1) is 22.6. The summed E-state index contributed by atoms with van der Waals surface area (Å²) in [5, 5.41) is 0.607. The van der Waals surface area contributed by atoms with Crippen LogP contribution in [0.1, 0.15) is 16.8 Å². The highest BCUT2D eigenvalue weighted by atomic mass is 35.5. The molecule has 150 valence electrons. The van der Waals surface area contributed by atoms with E-state index >= 15 is 0 Å². The zero-order valence-corrected chi connectivity index (χ0v) is 18.5. The molecule has 0 unspecified atom stereocenters. The molecule has 0 N–H and O–H groups in total. The maximum Gasteiger partial charge on any atom is 0.261 e. The van der Waals surface area contributed by atoms with E-state index in [-0.39, 0.29) is 24.1 Å². The fourth-order valence-corrected chi connectivity index (χ4v) is 4.40. The summed E-state index contributed by atoms with van der Waals surface area (Å²) in [5.41, 5.74) is 1.38. The zero-order chi connectivity index (χ0) is 19.4. The lowest BCUT2D eigenvalue weighted by atomic mass is 10.2. The summed E-state index contributed by atoms with van der Waals surface area (Å²) in [6, 6.07) is 12.1. The standard InChI is InChI=1S/C20H22FN3OS2.ClH/c1-23(2)11-6-12-24(19(25)15-7-4-5-8-17(15)26-3)20-22-16-10-9-14(21)13-18(16)27-20;/h4-5,7-10,13H,6,11-12H2,1-3H3;1H. The molecule has 0 aliphatic carbocycles. The van der Waals surface area contributed by atoms with Crippen molar-refractivity contribution in [2.45, 2.75) is 11.3 Å². The molecule has 3 rings (SSSR count). The minimum absolute atomic E-state index is 0. The number of anilines is 1. The number of hydrogen-bond acceptors (Lipinski definition) is 5. The molecular formula is C20H23ClFN3OS2. The van der Waals surface area contributed by atoms with Gasteiger partial charge in [-0.15, -0.1) is 24.2 Å². The third-order valence-electron chi connectivity index (χ3n) is 4.14. The van der Waals surface area contributed by atoms with Crippen LogP contribution in [0.3, 0.4) is 0 Å². The van der Waals surface area contributed by atoms with Gasteiger partial charge in [-0.1, -0.05) is 23.5 Å². The van der Waals surface area contributed by atoms with Crippen molar-refractivity contribution in [3.63, 3.8) is 0 Å². The van der Waals surface area contributed by atoms with E-state index in [0.717, 1.165) is 22.6 Å². The minimum atomic E-state index is -0.295. The smallest absolute Gasteiger partial charge is 0.261 e. The third kappa shape index (κ3) is 5.23. The van der Waals surface area contributed by atoms with Gasteiger partial charge >= 0.3 is 0 Å². The molecule has 0 aliphatic heterocycles. The Bertz CT molecular complexity index is 948. The Labute approximate surface area is 179 Å². The first-order valence-corrected chi connectivity index (χ1v) is 10.7. The van der Waals surface area contributed by atoms with Crippen LogP contribution in [0.25, 0.3) is 10.2 Å². The van der Waals surface area contributed by atoms with Gasteiger partial charge in [-0.2, -0.15) is 0 Å². The van der Waals surface area contributed by atoms with Gasteiger partial charge in [-0.3, -0.25) is 9.69 Å². The number of nitrogens with zero attached hydrogens (tertiary/aromatic N) is 3. The molecule has 1 aromatic heterocycles. The number of aromatic nitrogens is 1. The van der Waals surface area contributed by atoms with Crippen LogP contribution < -0.4 is 4.90 Å². The molecule has 3 aromatic rings. The van der Waals surface area contributed by atoms with Crippen molar-refractivity contribution >= 4 is 56.8 Å². The van der Waals surface area contributed by atoms with E-state index < -0.39 is 0 Å². The Morgan fingerprint density at radius 3 is 2.64 bits per heavy atom. The molecule has 0 atom stereocenters. The fourth-order valence-electron chi connectivity index (χ4n) is 2.80. The molecular weight excluding hydrogens is 417 g/mol. The normalized spacial score (nSPS) is 10.9. The second-order valence-corrected chi connectivity index (χ2v) is 8.28. The number of rotatable bonds is 7. The first-order valence-electron chi connectivity index (χ1n) is 8.65. The highest BCUT2D eigenvalue weighted by Gasteiger charge is 2.23. The molecule has 2 aromatic carbocycles. The largest absolute Gasteiger partial charge is 0.309 e. The number of carbonyl (C=O) groups is 1. The molecule has 0 bridgehead atoms. The van der Waals surface area contributed by atoms with Crippen LogP contribution in [-0.2, 0) is 0 Å². The molecule has 1 heterocycles. The van der Waals surface area contributed by atoms with Crippen molar-refractivity contribution in [1.82, 2.24) is 9.88 Å². The number of halogens is 2. The summed E-state index contributed by atoms with van der Waals surface area (Å²) in [5.74, 6) is -0.367. The quantitative estimate of drug-likeness (QED) is 0.475. The van der Waals surface area contributed by atoms with E-state index in [1.165, 1.54) is 23.5 Å². The van der Waals surface area contributed by atoms with Crippen molar-refractivity contribution in [2.75, 3.05) is 38.3 Å². The molecule has 0 aliphatic rings. The highest BCUT2D eigenvalue weighted by Crippen LogP contribution is 2.31. The van der Waals surface area contributed by atoms with Crippen molar-refractivity contribution in [1.29, 1.82) is 0 Å². The number of benzene rings is 2. The SMILES string of the molecule is CSc1ccccc1C(=O)N(CCCN(C)C)c1nc2ccc(F)cc2s1.Cl. The Kier molecular flexibility index (Phi) is 8.24. The minimum Gasteiger partial charge on any atom is -0.309 e. The van der Waals surface area contributed by atoms with Gasteiger partial charge in [-0.05, 0) is 63.6 Å². The first-order chi connectivity index (χ1) is 13.0. The number of fused-ring (bicyclic) bond motifs is 1. The van der Waals surface area contributed by atoms with Gasteiger partial charge in [0, 0.05) is 11.4 Å². The summed E-state index contributed by atoms with van der Waals surface area (Å²) >= 11 is 2.90. The average molecular weight is 440 g/mol. The van der Waals surface area contributed by atoms with Crippen LogP contribution in [0.2, 0.25) is 0 Å². The highest BCUT2D eigenvalue weighted by molar-refractivity contribution is 7.98. The van der Waals surface area contributed by atoms with E-state index in [1.807, 2.05) is 44.6 Å². The van der Waals surface area contributed by atoms with Gasteiger partial charge in [0.2, 0.25) is 0 Å².